The van der Waals surface area contributed by atoms with E-state index in [4.69, 9.17) is 0 Å². The maximum Gasteiger partial charge on any atom is 0.0784 e. The number of hydrogen-bond donors (Lipinski definition) is 0. The molecule has 1 nitrogen and oxygen atoms in total. The Hall–Kier alpha value is 0.920. The molecule has 0 radical (unpaired) electrons. The molecular weight excluding hydrogens is 318 g/mol. The van der Waals surface area contributed by atoms with Crippen LogP contribution in [0.15, 0.2) is 0 Å². The van der Waals surface area contributed by atoms with Crippen molar-refractivity contribution >= 4 is 15.9 Å². The number of likely N-dealkylation sites (tertiary alicyclic amines) is 1. The maximum absolute atomic E-state index is 3.48. The summed E-state index contributed by atoms with van der Waals surface area (Å²) in [5.74, 6) is 0. The first kappa shape index (κ1) is 15.9. The minimum atomic E-state index is 0. The van der Waals surface area contributed by atoms with Crippen LogP contribution in [0, 0.1) is 0 Å². The van der Waals surface area contributed by atoms with Crippen LogP contribution in [0.1, 0.15) is 44.9 Å². The number of quaternary nitrogens is 1. The zero-order valence-corrected chi connectivity index (χ0v) is 13.2. The van der Waals surface area contributed by atoms with Gasteiger partial charge in [-0.25, -0.2) is 0 Å². The van der Waals surface area contributed by atoms with Crippen LogP contribution in [0.5, 0.6) is 0 Å². The van der Waals surface area contributed by atoms with Crippen molar-refractivity contribution in [2.45, 2.75) is 44.9 Å². The normalized spacial score (nSPS) is 19.6. The predicted octanol–water partition coefficient (Wildman–Crippen LogP) is 0.576. The number of unbranched alkanes of at least 4 members (excludes halogenated alkanes) is 3. The molecule has 0 amide bonds. The fourth-order valence-electron chi connectivity index (χ4n) is 2.44. The van der Waals surface area contributed by atoms with Crippen molar-refractivity contribution in [1.29, 1.82) is 0 Å². The van der Waals surface area contributed by atoms with Gasteiger partial charge in [0.2, 0.25) is 0 Å². The summed E-state index contributed by atoms with van der Waals surface area (Å²) in [7, 11) is 2.45. The highest BCUT2D eigenvalue weighted by Gasteiger charge is 2.23. The van der Waals surface area contributed by atoms with Gasteiger partial charge in [-0.05, 0) is 38.5 Å². The molecule has 92 valence electrons. The van der Waals surface area contributed by atoms with Crippen molar-refractivity contribution in [3.8, 4) is 0 Å². The molecule has 1 rings (SSSR count). The van der Waals surface area contributed by atoms with E-state index in [0.717, 1.165) is 0 Å². The third-order valence-electron chi connectivity index (χ3n) is 3.48. The Morgan fingerprint density at radius 2 is 1.53 bits per heavy atom. The van der Waals surface area contributed by atoms with Gasteiger partial charge in [0.05, 0.1) is 26.7 Å². The summed E-state index contributed by atoms with van der Waals surface area (Å²) < 4.78 is 1.36. The van der Waals surface area contributed by atoms with Crippen LogP contribution in [0.25, 0.3) is 0 Å². The molecule has 1 aliphatic rings. The summed E-state index contributed by atoms with van der Waals surface area (Å²) in [6.07, 6.45) is 10.0. The van der Waals surface area contributed by atoms with Crippen molar-refractivity contribution in [1.82, 2.24) is 0 Å². The van der Waals surface area contributed by atoms with Crippen LogP contribution in [-0.2, 0) is 0 Å². The second kappa shape index (κ2) is 9.00. The number of halogens is 2. The zero-order chi connectivity index (χ0) is 10.3. The largest absolute Gasteiger partial charge is 1.00 e. The van der Waals surface area contributed by atoms with Gasteiger partial charge in [0, 0.05) is 5.33 Å². The number of rotatable bonds is 6. The molecule has 0 spiro atoms. The summed E-state index contributed by atoms with van der Waals surface area (Å²) in [6.45, 7) is 4.28. The molecule has 0 N–H and O–H groups in total. The Balaban J connectivity index is 0.00000196. The highest BCUT2D eigenvalue weighted by Crippen LogP contribution is 2.17. The fourth-order valence-corrected chi connectivity index (χ4v) is 2.84. The maximum atomic E-state index is 3.48. The Labute approximate surface area is 114 Å². The monoisotopic (exact) mass is 341 g/mol. The second-order valence-corrected chi connectivity index (χ2v) is 5.75. The average molecular weight is 343 g/mol. The molecule has 0 aromatic heterocycles. The predicted molar refractivity (Wildman–Crippen MR) is 66.9 cm³/mol. The van der Waals surface area contributed by atoms with E-state index >= 15 is 0 Å². The number of hydrogen-bond acceptors (Lipinski definition) is 0. The lowest BCUT2D eigenvalue weighted by Crippen LogP contribution is -3.00. The van der Waals surface area contributed by atoms with Crippen LogP contribution in [0.3, 0.4) is 0 Å². The lowest BCUT2D eigenvalue weighted by Gasteiger charge is -2.37. The van der Waals surface area contributed by atoms with E-state index in [-0.39, 0.29) is 17.0 Å². The molecule has 0 unspecified atom stereocenters. The van der Waals surface area contributed by atoms with Gasteiger partial charge in [-0.1, -0.05) is 22.4 Å². The van der Waals surface area contributed by atoms with Gasteiger partial charge in [-0.3, -0.25) is 0 Å². The molecule has 1 saturated heterocycles. The Bertz CT molecular complexity index is 145. The Kier molecular flexibility index (Phi) is 9.55. The van der Waals surface area contributed by atoms with Crippen molar-refractivity contribution in [3.63, 3.8) is 0 Å². The lowest BCUT2D eigenvalue weighted by molar-refractivity contribution is -0.914. The highest BCUT2D eigenvalue weighted by atomic mass is 79.9. The van der Waals surface area contributed by atoms with E-state index < -0.39 is 0 Å². The minimum Gasteiger partial charge on any atom is -1.00 e. The fraction of sp³-hybridized carbons (Fsp3) is 1.00. The van der Waals surface area contributed by atoms with Crippen LogP contribution < -0.4 is 17.0 Å². The van der Waals surface area contributed by atoms with E-state index in [1.807, 2.05) is 0 Å². The number of alkyl halides is 1. The molecule has 3 heteroatoms. The topological polar surface area (TPSA) is 0 Å². The first-order valence-electron chi connectivity index (χ1n) is 6.16. The molecule has 0 saturated carbocycles. The van der Waals surface area contributed by atoms with E-state index in [9.17, 15) is 0 Å². The van der Waals surface area contributed by atoms with Gasteiger partial charge in [0.1, 0.15) is 0 Å². The van der Waals surface area contributed by atoms with E-state index in [1.165, 1.54) is 74.4 Å². The zero-order valence-electron chi connectivity index (χ0n) is 9.98. The molecular formula is C12H25Br2N. The van der Waals surface area contributed by atoms with Crippen molar-refractivity contribution < 1.29 is 21.5 Å². The molecule has 0 atom stereocenters. The highest BCUT2D eigenvalue weighted by molar-refractivity contribution is 9.09. The number of nitrogens with zero attached hydrogens (tertiary/aromatic N) is 1. The van der Waals surface area contributed by atoms with Gasteiger partial charge < -0.3 is 21.5 Å². The van der Waals surface area contributed by atoms with Crippen molar-refractivity contribution in [3.05, 3.63) is 0 Å². The van der Waals surface area contributed by atoms with Crippen LogP contribution in [0.2, 0.25) is 0 Å². The third-order valence-corrected chi connectivity index (χ3v) is 4.04. The molecule has 1 fully saturated rings. The summed E-state index contributed by atoms with van der Waals surface area (Å²) >= 11 is 3.48. The van der Waals surface area contributed by atoms with Crippen LogP contribution in [0.4, 0.5) is 0 Å². The third kappa shape index (κ3) is 6.96. The summed E-state index contributed by atoms with van der Waals surface area (Å²) in [5.41, 5.74) is 0. The van der Waals surface area contributed by atoms with Crippen LogP contribution in [-0.4, -0.2) is 36.5 Å². The SMILES string of the molecule is C[N+]1(CCCCCCBr)CCCCC1.[Br-]. The van der Waals surface area contributed by atoms with E-state index in [0.29, 0.717) is 0 Å². The Morgan fingerprint density at radius 1 is 0.933 bits per heavy atom. The summed E-state index contributed by atoms with van der Waals surface area (Å²) in [5, 5.41) is 1.18. The molecule has 0 aliphatic carbocycles. The summed E-state index contributed by atoms with van der Waals surface area (Å²) in [6, 6.07) is 0. The summed E-state index contributed by atoms with van der Waals surface area (Å²) in [4.78, 5) is 0. The quantitative estimate of drug-likeness (QED) is 0.376. The first-order valence-corrected chi connectivity index (χ1v) is 7.28. The smallest absolute Gasteiger partial charge is 0.0784 e. The number of piperidine rings is 1. The Morgan fingerprint density at radius 3 is 2.13 bits per heavy atom. The van der Waals surface area contributed by atoms with Gasteiger partial charge in [-0.2, -0.15) is 0 Å². The standard InChI is InChI=1S/C12H25BrN.BrH/c1-14(11-7-4-8-12-14)10-6-3-2-5-9-13;/h2-12H2,1H3;1H/q+1;/p-1. The van der Waals surface area contributed by atoms with Crippen LogP contribution >= 0.6 is 15.9 Å². The van der Waals surface area contributed by atoms with Gasteiger partial charge >= 0.3 is 0 Å². The first-order chi connectivity index (χ1) is 6.77. The van der Waals surface area contributed by atoms with Gasteiger partial charge in [0.25, 0.3) is 0 Å². The molecule has 0 bridgehead atoms. The van der Waals surface area contributed by atoms with Gasteiger partial charge in [-0.15, -0.1) is 0 Å². The second-order valence-electron chi connectivity index (χ2n) is 4.95. The van der Waals surface area contributed by atoms with E-state index in [1.54, 1.807) is 0 Å². The minimum absolute atomic E-state index is 0. The lowest BCUT2D eigenvalue weighted by atomic mass is 10.1. The average Bonchev–Trinajstić information content (AvgIpc) is 2.18. The molecule has 0 aromatic rings. The van der Waals surface area contributed by atoms with Crippen molar-refractivity contribution in [2.75, 3.05) is 32.0 Å². The molecule has 0 aromatic carbocycles. The molecule has 1 heterocycles. The van der Waals surface area contributed by atoms with E-state index in [2.05, 4.69) is 23.0 Å². The van der Waals surface area contributed by atoms with Crippen molar-refractivity contribution in [2.24, 2.45) is 0 Å². The molecule has 15 heavy (non-hydrogen) atoms. The van der Waals surface area contributed by atoms with Gasteiger partial charge in [0.15, 0.2) is 0 Å². The molecule has 1 aliphatic heterocycles.